The molecule has 5 heterocycles. The van der Waals surface area contributed by atoms with Gasteiger partial charge in [-0.2, -0.15) is 0 Å². The van der Waals surface area contributed by atoms with E-state index in [-0.39, 0.29) is 35.7 Å². The number of amides is 2. The third-order valence-electron chi connectivity index (χ3n) is 8.13. The van der Waals surface area contributed by atoms with E-state index in [1.807, 2.05) is 10.6 Å². The fourth-order valence-corrected chi connectivity index (χ4v) is 5.90. The van der Waals surface area contributed by atoms with Crippen LogP contribution in [-0.4, -0.2) is 35.0 Å². The van der Waals surface area contributed by atoms with E-state index in [1.165, 1.54) is 25.2 Å². The van der Waals surface area contributed by atoms with Gasteiger partial charge in [-0.15, -0.1) is 0 Å². The molecule has 0 saturated carbocycles. The van der Waals surface area contributed by atoms with Crippen molar-refractivity contribution in [3.05, 3.63) is 90.0 Å². The minimum atomic E-state index is -0.411. The van der Waals surface area contributed by atoms with Gasteiger partial charge in [0, 0.05) is 48.0 Å². The van der Waals surface area contributed by atoms with E-state index in [9.17, 15) is 18.4 Å². The largest absolute Gasteiger partial charge is 0.470 e. The molecule has 3 aromatic heterocycles. The fourth-order valence-electron chi connectivity index (χ4n) is 5.90. The summed E-state index contributed by atoms with van der Waals surface area (Å²) in [6.45, 7) is 0.735. The molecule has 0 spiro atoms. The predicted molar refractivity (Wildman–Crippen MR) is 157 cm³/mol. The van der Waals surface area contributed by atoms with Crippen LogP contribution in [0.4, 0.5) is 14.5 Å². The summed E-state index contributed by atoms with van der Waals surface area (Å²) >= 11 is 0. The molecule has 8 rings (SSSR count). The number of carbonyl (C=O) groups is 2. The van der Waals surface area contributed by atoms with Crippen LogP contribution in [0.25, 0.3) is 55.8 Å². The normalized spacial score (nSPS) is 13.9. The van der Waals surface area contributed by atoms with Crippen LogP contribution < -0.4 is 15.0 Å². The van der Waals surface area contributed by atoms with Crippen LogP contribution in [0, 0.1) is 11.6 Å². The predicted octanol–water partition coefficient (Wildman–Crippen LogP) is 6.51. The van der Waals surface area contributed by atoms with Gasteiger partial charge in [0.25, 0.3) is 5.91 Å². The zero-order valence-electron chi connectivity index (χ0n) is 22.8. The number of hydrogen-bond acceptors (Lipinski definition) is 5. The number of fused-ring (bicyclic) bond motifs is 6. The Hall–Kier alpha value is -5.51. The van der Waals surface area contributed by atoms with Crippen LogP contribution in [0.2, 0.25) is 0 Å². The van der Waals surface area contributed by atoms with Gasteiger partial charge >= 0.3 is 0 Å². The van der Waals surface area contributed by atoms with Crippen molar-refractivity contribution in [2.24, 2.45) is 0 Å². The number of halogens is 2. The topological polar surface area (TPSA) is 89.6 Å². The summed E-state index contributed by atoms with van der Waals surface area (Å²) in [4.78, 5) is 32.5. The number of ether oxygens (including phenoxy) is 1. The summed E-state index contributed by atoms with van der Waals surface area (Å²) in [5.74, 6) is -0.337. The van der Waals surface area contributed by atoms with Gasteiger partial charge in [0.2, 0.25) is 5.91 Å². The maximum atomic E-state index is 14.7. The summed E-state index contributed by atoms with van der Waals surface area (Å²) in [7, 11) is 1.52. The van der Waals surface area contributed by atoms with Crippen LogP contribution in [0.1, 0.15) is 16.8 Å². The molecule has 1 saturated heterocycles. The Morgan fingerprint density at radius 2 is 1.84 bits per heavy atom. The molecular formula is C33H22F2N4O4. The van der Waals surface area contributed by atoms with E-state index in [4.69, 9.17) is 14.1 Å². The van der Waals surface area contributed by atoms with Crippen LogP contribution in [0.3, 0.4) is 0 Å². The number of pyridine rings is 1. The molecular weight excluding hydrogens is 554 g/mol. The van der Waals surface area contributed by atoms with E-state index in [2.05, 4.69) is 5.32 Å². The van der Waals surface area contributed by atoms with Gasteiger partial charge in [0.15, 0.2) is 6.73 Å². The van der Waals surface area contributed by atoms with E-state index in [1.54, 1.807) is 53.4 Å². The second kappa shape index (κ2) is 9.25. The van der Waals surface area contributed by atoms with E-state index < -0.39 is 5.82 Å². The summed E-state index contributed by atoms with van der Waals surface area (Å²) < 4.78 is 42.5. The number of β-lactam (4-membered cyclic amide) rings is 1. The maximum Gasteiger partial charge on any atom is 0.255 e. The smallest absolute Gasteiger partial charge is 0.255 e. The first kappa shape index (κ1) is 25.2. The lowest BCUT2D eigenvalue weighted by Crippen LogP contribution is -2.43. The quantitative estimate of drug-likeness (QED) is 0.242. The number of carbonyl (C=O) groups excluding carboxylic acids is 2. The Morgan fingerprint density at radius 3 is 2.58 bits per heavy atom. The molecule has 2 aliphatic rings. The first-order valence-electron chi connectivity index (χ1n) is 13.7. The Balaban J connectivity index is 1.36. The molecule has 0 bridgehead atoms. The summed E-state index contributed by atoms with van der Waals surface area (Å²) in [6.07, 6.45) is 0.414. The molecule has 0 radical (unpaired) electrons. The molecule has 8 nitrogen and oxygen atoms in total. The van der Waals surface area contributed by atoms with Gasteiger partial charge in [-0.3, -0.25) is 9.59 Å². The highest BCUT2D eigenvalue weighted by atomic mass is 19.1. The van der Waals surface area contributed by atoms with Crippen molar-refractivity contribution in [2.75, 3.05) is 18.5 Å². The van der Waals surface area contributed by atoms with E-state index >= 15 is 0 Å². The third kappa shape index (κ3) is 3.76. The van der Waals surface area contributed by atoms with Crippen molar-refractivity contribution in [1.29, 1.82) is 0 Å². The highest BCUT2D eigenvalue weighted by Gasteiger charge is 2.31. The lowest BCUT2D eigenvalue weighted by Gasteiger charge is -2.32. The number of benzene rings is 3. The van der Waals surface area contributed by atoms with Crippen molar-refractivity contribution >= 4 is 39.4 Å². The Morgan fingerprint density at radius 1 is 1.00 bits per heavy atom. The monoisotopic (exact) mass is 576 g/mol. The molecule has 10 heteroatoms. The highest BCUT2D eigenvalue weighted by molar-refractivity contribution is 6.14. The van der Waals surface area contributed by atoms with Gasteiger partial charge in [-0.25, -0.2) is 13.8 Å². The molecule has 3 aromatic carbocycles. The summed E-state index contributed by atoms with van der Waals surface area (Å²) in [6, 6.07) is 19.5. The number of rotatable bonds is 4. The molecule has 2 aliphatic heterocycles. The van der Waals surface area contributed by atoms with Gasteiger partial charge in [0.1, 0.15) is 34.4 Å². The number of nitrogens with zero attached hydrogens (tertiary/aromatic N) is 3. The Bertz CT molecular complexity index is 2150. The van der Waals surface area contributed by atoms with Crippen molar-refractivity contribution in [2.45, 2.75) is 13.2 Å². The molecule has 212 valence electrons. The molecule has 0 atom stereocenters. The Labute approximate surface area is 243 Å². The zero-order valence-corrected chi connectivity index (χ0v) is 22.8. The first-order chi connectivity index (χ1) is 20.9. The second-order valence-corrected chi connectivity index (χ2v) is 10.5. The molecule has 1 N–H and O–H groups in total. The van der Waals surface area contributed by atoms with Crippen molar-refractivity contribution in [1.82, 2.24) is 14.9 Å². The standard InChI is InChI=1S/C33H22F2N4O4/c1-36-33(41)30-21-13-20(25(38-12-11-29(38)40)15-28(21)43-32(30)17-5-7-18(34)8-6-17)23-9-10-27-31(37-23)26-14-19-22(35)3-2-4-24(19)39(26)16-42-27/h2-10,13-15H,11-12,16H2,1H3,(H,36,41). The lowest BCUT2D eigenvalue weighted by molar-refractivity contribution is -0.122. The molecule has 2 amide bonds. The summed E-state index contributed by atoms with van der Waals surface area (Å²) in [5, 5.41) is 3.65. The second-order valence-electron chi connectivity index (χ2n) is 10.5. The minimum Gasteiger partial charge on any atom is -0.470 e. The molecule has 0 unspecified atom stereocenters. The molecule has 43 heavy (non-hydrogen) atoms. The first-order valence-corrected chi connectivity index (χ1v) is 13.7. The summed E-state index contributed by atoms with van der Waals surface area (Å²) in [5.41, 5.74) is 4.88. The third-order valence-corrected chi connectivity index (χ3v) is 8.13. The van der Waals surface area contributed by atoms with Gasteiger partial charge in [-0.1, -0.05) is 6.07 Å². The molecule has 1 fully saturated rings. The molecule has 6 aromatic rings. The van der Waals surface area contributed by atoms with Crippen molar-refractivity contribution in [3.8, 4) is 39.7 Å². The zero-order chi connectivity index (χ0) is 29.4. The van der Waals surface area contributed by atoms with Gasteiger partial charge in [-0.05, 0) is 60.7 Å². The number of hydrogen-bond donors (Lipinski definition) is 1. The number of nitrogens with one attached hydrogen (secondary N) is 1. The van der Waals surface area contributed by atoms with Crippen LogP contribution in [0.15, 0.2) is 77.2 Å². The number of anilines is 1. The van der Waals surface area contributed by atoms with Crippen molar-refractivity contribution in [3.63, 3.8) is 0 Å². The van der Waals surface area contributed by atoms with Gasteiger partial charge < -0.3 is 23.9 Å². The van der Waals surface area contributed by atoms with E-state index in [0.717, 1.165) is 0 Å². The van der Waals surface area contributed by atoms with Crippen LogP contribution in [-0.2, 0) is 11.5 Å². The van der Waals surface area contributed by atoms with E-state index in [0.29, 0.717) is 74.5 Å². The number of furan rings is 1. The van der Waals surface area contributed by atoms with Crippen LogP contribution >= 0.6 is 0 Å². The average Bonchev–Trinajstić information content (AvgIpc) is 3.59. The fraction of sp³-hybridized carbons (Fsp3) is 0.121. The maximum absolute atomic E-state index is 14.7. The Kier molecular flexibility index (Phi) is 5.43. The van der Waals surface area contributed by atoms with Crippen molar-refractivity contribution < 1.29 is 27.5 Å². The average molecular weight is 577 g/mol. The van der Waals surface area contributed by atoms with Crippen LogP contribution in [0.5, 0.6) is 5.75 Å². The SMILES string of the molecule is CNC(=O)c1c(-c2ccc(F)cc2)oc2cc(N3CCC3=O)c(-c3ccc4c(n3)-c3cc5c(F)cccc5n3CO4)cc12. The lowest BCUT2D eigenvalue weighted by atomic mass is 9.98. The van der Waals surface area contributed by atoms with Gasteiger partial charge in [0.05, 0.1) is 28.2 Å². The molecule has 0 aliphatic carbocycles. The minimum absolute atomic E-state index is 0.0469. The highest BCUT2D eigenvalue weighted by Crippen LogP contribution is 2.44. The number of aromatic nitrogens is 2.